The fourth-order valence-corrected chi connectivity index (χ4v) is 2.78. The van der Waals surface area contributed by atoms with Crippen molar-refractivity contribution in [2.45, 2.75) is 38.1 Å². The lowest BCUT2D eigenvalue weighted by Crippen LogP contribution is -2.41. The fraction of sp³-hybridized carbons (Fsp3) is 0.400. The monoisotopic (exact) mass is 345 g/mol. The molecule has 0 fully saturated rings. The number of hydrogen-bond acceptors (Lipinski definition) is 5. The van der Waals surface area contributed by atoms with Crippen molar-refractivity contribution in [3.63, 3.8) is 0 Å². The minimum absolute atomic E-state index is 0.226. The molecule has 2 rings (SSSR count). The molecule has 5 nitrogen and oxygen atoms in total. The number of aliphatic hydroxyl groups is 2. The van der Waals surface area contributed by atoms with Crippen LogP contribution in [0.3, 0.4) is 0 Å². The van der Waals surface area contributed by atoms with Gasteiger partial charge in [-0.1, -0.05) is 24.3 Å². The Hall–Kier alpha value is -2.08. The maximum Gasteiger partial charge on any atom is 0.118 e. The average Bonchev–Trinajstić information content (AvgIpc) is 2.66. The average molecular weight is 345 g/mol. The van der Waals surface area contributed by atoms with Crippen LogP contribution in [-0.4, -0.2) is 36.5 Å². The first-order valence-electron chi connectivity index (χ1n) is 8.36. The summed E-state index contributed by atoms with van der Waals surface area (Å²) in [7, 11) is 3.22. The number of methoxy groups -OCH3 is 2. The molecule has 0 saturated carbocycles. The van der Waals surface area contributed by atoms with E-state index in [0.717, 1.165) is 22.6 Å². The largest absolute Gasteiger partial charge is 0.497 e. The van der Waals surface area contributed by atoms with Crippen molar-refractivity contribution in [2.75, 3.05) is 14.2 Å². The second-order valence-corrected chi connectivity index (χ2v) is 6.18. The Bertz CT molecular complexity index is 584. The highest BCUT2D eigenvalue weighted by molar-refractivity contribution is 5.30. The van der Waals surface area contributed by atoms with E-state index in [2.05, 4.69) is 5.32 Å². The third-order valence-electron chi connectivity index (χ3n) is 4.39. The van der Waals surface area contributed by atoms with Gasteiger partial charge in [0, 0.05) is 12.1 Å². The Kier molecular flexibility index (Phi) is 6.82. The summed E-state index contributed by atoms with van der Waals surface area (Å²) >= 11 is 0. The maximum absolute atomic E-state index is 10.5. The van der Waals surface area contributed by atoms with Gasteiger partial charge < -0.3 is 25.0 Å². The predicted octanol–water partition coefficient (Wildman–Crippen LogP) is 2.84. The van der Waals surface area contributed by atoms with Crippen LogP contribution in [0.4, 0.5) is 0 Å². The molecule has 0 aromatic heterocycles. The summed E-state index contributed by atoms with van der Waals surface area (Å²) in [5, 5.41) is 24.3. The summed E-state index contributed by atoms with van der Waals surface area (Å²) in [4.78, 5) is 0. The van der Waals surface area contributed by atoms with Crippen LogP contribution in [0, 0.1) is 0 Å². The summed E-state index contributed by atoms with van der Waals surface area (Å²) in [5.74, 6) is 1.50. The SMILES string of the molecule is COc1ccc([C@@H](O)[C@H](C)N[C@H](C)[C@H](O)c2ccc(OC)cc2)cc1. The number of ether oxygens (including phenoxy) is 2. The minimum Gasteiger partial charge on any atom is -0.497 e. The quantitative estimate of drug-likeness (QED) is 0.686. The topological polar surface area (TPSA) is 71.0 Å². The molecule has 5 heteroatoms. The summed E-state index contributed by atoms with van der Waals surface area (Å²) in [6, 6.07) is 14.2. The molecule has 136 valence electrons. The van der Waals surface area contributed by atoms with E-state index in [4.69, 9.17) is 9.47 Å². The van der Waals surface area contributed by atoms with E-state index in [-0.39, 0.29) is 12.1 Å². The van der Waals surface area contributed by atoms with Crippen molar-refractivity contribution >= 4 is 0 Å². The standard InChI is InChI=1S/C20H27NO4/c1-13(19(22)15-5-9-17(24-3)10-6-15)21-14(2)20(23)16-7-11-18(25-4)12-8-16/h5-14,19-23H,1-4H3/t13-,14+,19-,20-/m0/s1. The van der Waals surface area contributed by atoms with Crippen LogP contribution in [0.1, 0.15) is 37.2 Å². The van der Waals surface area contributed by atoms with Gasteiger partial charge in [-0.3, -0.25) is 0 Å². The van der Waals surface area contributed by atoms with E-state index in [9.17, 15) is 10.2 Å². The molecule has 0 radical (unpaired) electrons. The van der Waals surface area contributed by atoms with Crippen LogP contribution < -0.4 is 14.8 Å². The van der Waals surface area contributed by atoms with E-state index < -0.39 is 12.2 Å². The van der Waals surface area contributed by atoms with Crippen molar-refractivity contribution in [3.8, 4) is 11.5 Å². The molecule has 0 amide bonds. The van der Waals surface area contributed by atoms with Crippen LogP contribution in [0.25, 0.3) is 0 Å². The lowest BCUT2D eigenvalue weighted by molar-refractivity contribution is 0.0918. The zero-order valence-electron chi connectivity index (χ0n) is 15.1. The number of benzene rings is 2. The van der Waals surface area contributed by atoms with Crippen molar-refractivity contribution in [3.05, 3.63) is 59.7 Å². The summed E-state index contributed by atoms with van der Waals surface area (Å²) in [6.45, 7) is 3.79. The van der Waals surface area contributed by atoms with Crippen LogP contribution in [0.5, 0.6) is 11.5 Å². The van der Waals surface area contributed by atoms with Crippen molar-refractivity contribution in [2.24, 2.45) is 0 Å². The maximum atomic E-state index is 10.5. The van der Waals surface area contributed by atoms with E-state index in [0.29, 0.717) is 0 Å². The van der Waals surface area contributed by atoms with Crippen LogP contribution in [0.15, 0.2) is 48.5 Å². The number of nitrogens with one attached hydrogen (secondary N) is 1. The lowest BCUT2D eigenvalue weighted by Gasteiger charge is -2.28. The molecule has 0 bridgehead atoms. The molecular weight excluding hydrogens is 318 g/mol. The molecule has 0 unspecified atom stereocenters. The van der Waals surface area contributed by atoms with Gasteiger partial charge in [0.05, 0.1) is 26.4 Å². The van der Waals surface area contributed by atoms with Gasteiger partial charge in [-0.25, -0.2) is 0 Å². The van der Waals surface area contributed by atoms with Crippen molar-refractivity contribution < 1.29 is 19.7 Å². The Morgan fingerprint density at radius 2 is 1.00 bits per heavy atom. The highest BCUT2D eigenvalue weighted by atomic mass is 16.5. The molecule has 0 saturated heterocycles. The summed E-state index contributed by atoms with van der Waals surface area (Å²) in [6.07, 6.45) is -1.37. The first-order valence-corrected chi connectivity index (χ1v) is 8.36. The summed E-state index contributed by atoms with van der Waals surface area (Å²) in [5.41, 5.74) is 1.60. The minimum atomic E-state index is -0.684. The van der Waals surface area contributed by atoms with Gasteiger partial charge in [-0.2, -0.15) is 0 Å². The summed E-state index contributed by atoms with van der Waals surface area (Å²) < 4.78 is 10.3. The molecule has 3 N–H and O–H groups in total. The first kappa shape index (κ1) is 19.2. The Morgan fingerprint density at radius 1 is 0.680 bits per heavy atom. The Labute approximate surface area is 149 Å². The van der Waals surface area contributed by atoms with Crippen molar-refractivity contribution in [1.29, 1.82) is 0 Å². The van der Waals surface area contributed by atoms with E-state index in [1.54, 1.807) is 14.2 Å². The van der Waals surface area contributed by atoms with Crippen LogP contribution in [-0.2, 0) is 0 Å². The number of hydrogen-bond donors (Lipinski definition) is 3. The Balaban J connectivity index is 1.98. The fourth-order valence-electron chi connectivity index (χ4n) is 2.78. The number of rotatable bonds is 8. The lowest BCUT2D eigenvalue weighted by atomic mass is 9.99. The molecule has 2 aromatic rings. The molecule has 0 heterocycles. The smallest absolute Gasteiger partial charge is 0.118 e. The highest BCUT2D eigenvalue weighted by Gasteiger charge is 2.23. The molecule has 4 atom stereocenters. The normalized spacial score (nSPS) is 15.9. The second kappa shape index (κ2) is 8.85. The van der Waals surface area contributed by atoms with Gasteiger partial charge in [0.1, 0.15) is 11.5 Å². The highest BCUT2D eigenvalue weighted by Crippen LogP contribution is 2.23. The van der Waals surface area contributed by atoms with E-state index in [1.165, 1.54) is 0 Å². The molecule has 25 heavy (non-hydrogen) atoms. The zero-order valence-corrected chi connectivity index (χ0v) is 15.1. The van der Waals surface area contributed by atoms with Crippen molar-refractivity contribution in [1.82, 2.24) is 5.32 Å². The van der Waals surface area contributed by atoms with E-state index in [1.807, 2.05) is 62.4 Å². The van der Waals surface area contributed by atoms with Gasteiger partial charge >= 0.3 is 0 Å². The third kappa shape index (κ3) is 4.95. The van der Waals surface area contributed by atoms with Gasteiger partial charge in [0.25, 0.3) is 0 Å². The predicted molar refractivity (Wildman–Crippen MR) is 98.0 cm³/mol. The second-order valence-electron chi connectivity index (χ2n) is 6.18. The molecule has 0 aliphatic rings. The third-order valence-corrected chi connectivity index (χ3v) is 4.39. The van der Waals surface area contributed by atoms with Crippen LogP contribution in [0.2, 0.25) is 0 Å². The molecule has 0 spiro atoms. The van der Waals surface area contributed by atoms with Crippen LogP contribution >= 0.6 is 0 Å². The first-order chi connectivity index (χ1) is 12.0. The number of aliphatic hydroxyl groups excluding tert-OH is 2. The van der Waals surface area contributed by atoms with E-state index >= 15 is 0 Å². The Morgan fingerprint density at radius 3 is 1.28 bits per heavy atom. The molecule has 0 aliphatic carbocycles. The van der Waals surface area contributed by atoms with Gasteiger partial charge in [0.2, 0.25) is 0 Å². The van der Waals surface area contributed by atoms with Gasteiger partial charge in [-0.15, -0.1) is 0 Å². The molecular formula is C20H27NO4. The van der Waals surface area contributed by atoms with Gasteiger partial charge in [0.15, 0.2) is 0 Å². The molecule has 2 aromatic carbocycles. The zero-order chi connectivity index (χ0) is 18.4. The van der Waals surface area contributed by atoms with Gasteiger partial charge in [-0.05, 0) is 49.2 Å². The molecule has 0 aliphatic heterocycles.